The first-order chi connectivity index (χ1) is 6.06. The van der Waals surface area contributed by atoms with Gasteiger partial charge >= 0.3 is 0 Å². The van der Waals surface area contributed by atoms with Crippen LogP contribution in [0.5, 0.6) is 5.75 Å². The number of aryl methyl sites for hydroxylation is 2. The Labute approximate surface area is 79.6 Å². The Balaban J connectivity index is 3.20. The van der Waals surface area contributed by atoms with Gasteiger partial charge in [0.2, 0.25) is 0 Å². The molecule has 0 aliphatic heterocycles. The fraction of sp³-hybridized carbons (Fsp3) is 0.455. The van der Waals surface area contributed by atoms with Gasteiger partial charge in [-0.05, 0) is 45.0 Å². The largest absolute Gasteiger partial charge is 0.508 e. The van der Waals surface area contributed by atoms with Crippen molar-refractivity contribution in [2.45, 2.75) is 26.8 Å². The number of phenols is 1. The number of nitrogens with one attached hydrogen (secondary N) is 1. The monoisotopic (exact) mass is 179 g/mol. The minimum absolute atomic E-state index is 0.195. The Morgan fingerprint density at radius 1 is 1.31 bits per heavy atom. The Kier molecular flexibility index (Phi) is 2.94. The third-order valence-corrected chi connectivity index (χ3v) is 2.38. The number of rotatable bonds is 2. The summed E-state index contributed by atoms with van der Waals surface area (Å²) in [5.74, 6) is 0.388. The van der Waals surface area contributed by atoms with Crippen molar-refractivity contribution in [3.63, 3.8) is 0 Å². The summed E-state index contributed by atoms with van der Waals surface area (Å²) in [4.78, 5) is 0. The number of hydrogen-bond acceptors (Lipinski definition) is 2. The molecular weight excluding hydrogens is 162 g/mol. The quantitative estimate of drug-likeness (QED) is 0.730. The second-order valence-electron chi connectivity index (χ2n) is 3.52. The molecule has 0 aliphatic carbocycles. The first-order valence-corrected chi connectivity index (χ1v) is 4.53. The average Bonchev–Trinajstić information content (AvgIpc) is 2.02. The van der Waals surface area contributed by atoms with E-state index in [-0.39, 0.29) is 6.04 Å². The van der Waals surface area contributed by atoms with Crippen molar-refractivity contribution < 1.29 is 5.11 Å². The van der Waals surface area contributed by atoms with Crippen LogP contribution in [0.15, 0.2) is 12.1 Å². The Hall–Kier alpha value is -1.02. The molecule has 0 amide bonds. The van der Waals surface area contributed by atoms with E-state index >= 15 is 0 Å². The highest BCUT2D eigenvalue weighted by Crippen LogP contribution is 2.28. The van der Waals surface area contributed by atoms with E-state index in [4.69, 9.17) is 0 Å². The Morgan fingerprint density at radius 3 is 2.38 bits per heavy atom. The smallest absolute Gasteiger partial charge is 0.120 e. The van der Waals surface area contributed by atoms with Crippen LogP contribution in [-0.2, 0) is 0 Å². The Morgan fingerprint density at radius 2 is 1.92 bits per heavy atom. The van der Waals surface area contributed by atoms with Gasteiger partial charge in [0.1, 0.15) is 5.75 Å². The molecule has 13 heavy (non-hydrogen) atoms. The second kappa shape index (κ2) is 3.79. The van der Waals surface area contributed by atoms with E-state index in [9.17, 15) is 5.11 Å². The lowest BCUT2D eigenvalue weighted by Gasteiger charge is -2.16. The summed E-state index contributed by atoms with van der Waals surface area (Å²) >= 11 is 0. The normalized spacial score (nSPS) is 12.9. The molecule has 1 atom stereocenters. The number of benzene rings is 1. The van der Waals surface area contributed by atoms with Gasteiger partial charge in [-0.2, -0.15) is 0 Å². The van der Waals surface area contributed by atoms with Crippen LogP contribution in [0.2, 0.25) is 0 Å². The zero-order chi connectivity index (χ0) is 10.0. The van der Waals surface area contributed by atoms with Crippen LogP contribution in [0, 0.1) is 13.8 Å². The van der Waals surface area contributed by atoms with E-state index in [1.807, 2.05) is 27.8 Å². The molecule has 0 spiro atoms. The minimum Gasteiger partial charge on any atom is -0.508 e. The van der Waals surface area contributed by atoms with Gasteiger partial charge in [0.05, 0.1) is 0 Å². The lowest BCUT2D eigenvalue weighted by molar-refractivity contribution is 0.456. The zero-order valence-electron chi connectivity index (χ0n) is 8.68. The molecule has 72 valence electrons. The molecule has 1 rings (SSSR count). The molecule has 0 bridgehead atoms. The molecule has 0 heterocycles. The van der Waals surface area contributed by atoms with Crippen LogP contribution in [0.3, 0.4) is 0 Å². The van der Waals surface area contributed by atoms with Crippen LogP contribution >= 0.6 is 0 Å². The van der Waals surface area contributed by atoms with E-state index in [0.717, 1.165) is 16.7 Å². The topological polar surface area (TPSA) is 32.3 Å². The summed E-state index contributed by atoms with van der Waals surface area (Å²) < 4.78 is 0. The van der Waals surface area contributed by atoms with E-state index in [0.29, 0.717) is 5.75 Å². The van der Waals surface area contributed by atoms with Crippen molar-refractivity contribution in [2.24, 2.45) is 0 Å². The van der Waals surface area contributed by atoms with Crippen molar-refractivity contribution in [1.29, 1.82) is 0 Å². The number of hydrogen-bond donors (Lipinski definition) is 2. The molecule has 0 unspecified atom stereocenters. The van der Waals surface area contributed by atoms with Gasteiger partial charge in [0.15, 0.2) is 0 Å². The third-order valence-electron chi connectivity index (χ3n) is 2.38. The van der Waals surface area contributed by atoms with E-state index in [1.54, 1.807) is 6.07 Å². The predicted molar refractivity (Wildman–Crippen MR) is 55.1 cm³/mol. The minimum atomic E-state index is 0.195. The van der Waals surface area contributed by atoms with Gasteiger partial charge in [0.25, 0.3) is 0 Å². The van der Waals surface area contributed by atoms with Crippen LogP contribution in [-0.4, -0.2) is 12.2 Å². The van der Waals surface area contributed by atoms with E-state index < -0.39 is 0 Å². The average molecular weight is 179 g/mol. The second-order valence-corrected chi connectivity index (χ2v) is 3.52. The van der Waals surface area contributed by atoms with Crippen LogP contribution in [0.4, 0.5) is 0 Å². The highest BCUT2D eigenvalue weighted by molar-refractivity contribution is 5.43. The SMILES string of the molecule is CN[C@H](C)c1c(C)cc(C)cc1O. The zero-order valence-corrected chi connectivity index (χ0v) is 8.68. The maximum absolute atomic E-state index is 9.73. The number of phenolic OH excluding ortho intramolecular Hbond substituents is 1. The summed E-state index contributed by atoms with van der Waals surface area (Å²) in [5, 5.41) is 12.9. The fourth-order valence-electron chi connectivity index (χ4n) is 1.66. The van der Waals surface area contributed by atoms with Crippen molar-refractivity contribution in [1.82, 2.24) is 5.32 Å². The molecule has 2 heteroatoms. The highest BCUT2D eigenvalue weighted by Gasteiger charge is 2.11. The maximum atomic E-state index is 9.73. The number of aromatic hydroxyl groups is 1. The van der Waals surface area contributed by atoms with Gasteiger partial charge in [-0.1, -0.05) is 6.07 Å². The van der Waals surface area contributed by atoms with Gasteiger partial charge in [-0.15, -0.1) is 0 Å². The molecule has 0 fully saturated rings. The molecule has 0 radical (unpaired) electrons. The van der Waals surface area contributed by atoms with Gasteiger partial charge in [-0.3, -0.25) is 0 Å². The lowest BCUT2D eigenvalue weighted by Crippen LogP contribution is -2.13. The summed E-state index contributed by atoms with van der Waals surface area (Å²) in [5.41, 5.74) is 3.23. The standard InChI is InChI=1S/C11H17NO/c1-7-5-8(2)11(9(3)12-4)10(13)6-7/h5-6,9,12-13H,1-4H3/t9-/m1/s1. The van der Waals surface area contributed by atoms with Gasteiger partial charge < -0.3 is 10.4 Å². The summed E-state index contributed by atoms with van der Waals surface area (Å²) in [7, 11) is 1.89. The predicted octanol–water partition coefficient (Wildman–Crippen LogP) is 2.29. The van der Waals surface area contributed by atoms with E-state index in [1.165, 1.54) is 0 Å². The first-order valence-electron chi connectivity index (χ1n) is 4.53. The summed E-state index contributed by atoms with van der Waals surface area (Å²) in [6.07, 6.45) is 0. The molecule has 0 saturated heterocycles. The van der Waals surface area contributed by atoms with Crippen molar-refractivity contribution in [2.75, 3.05) is 7.05 Å². The lowest BCUT2D eigenvalue weighted by atomic mass is 9.99. The van der Waals surface area contributed by atoms with Crippen molar-refractivity contribution in [3.8, 4) is 5.75 Å². The fourth-order valence-corrected chi connectivity index (χ4v) is 1.66. The van der Waals surface area contributed by atoms with Crippen LogP contribution in [0.25, 0.3) is 0 Å². The molecule has 1 aromatic rings. The molecule has 2 nitrogen and oxygen atoms in total. The van der Waals surface area contributed by atoms with Crippen molar-refractivity contribution in [3.05, 3.63) is 28.8 Å². The van der Waals surface area contributed by atoms with Gasteiger partial charge in [0, 0.05) is 11.6 Å². The molecule has 1 aromatic carbocycles. The van der Waals surface area contributed by atoms with Gasteiger partial charge in [-0.25, -0.2) is 0 Å². The van der Waals surface area contributed by atoms with Crippen LogP contribution < -0.4 is 5.32 Å². The van der Waals surface area contributed by atoms with Crippen LogP contribution in [0.1, 0.15) is 29.7 Å². The van der Waals surface area contributed by atoms with Crippen molar-refractivity contribution >= 4 is 0 Å². The summed E-state index contributed by atoms with van der Waals surface area (Å²) in [6.45, 7) is 6.05. The third kappa shape index (κ3) is 2.01. The highest BCUT2D eigenvalue weighted by atomic mass is 16.3. The molecule has 0 saturated carbocycles. The molecule has 2 N–H and O–H groups in total. The molecular formula is C11H17NO. The maximum Gasteiger partial charge on any atom is 0.120 e. The molecule has 0 aromatic heterocycles. The Bertz CT molecular complexity index is 284. The first kappa shape index (κ1) is 10.1. The molecule has 0 aliphatic rings. The van der Waals surface area contributed by atoms with E-state index in [2.05, 4.69) is 11.4 Å². The summed E-state index contributed by atoms with van der Waals surface area (Å²) in [6, 6.07) is 4.08.